The zero-order valence-corrected chi connectivity index (χ0v) is 15.6. The summed E-state index contributed by atoms with van der Waals surface area (Å²) in [6.07, 6.45) is 2.29. The predicted octanol–water partition coefficient (Wildman–Crippen LogP) is 2.76. The van der Waals surface area contributed by atoms with E-state index in [4.69, 9.17) is 4.74 Å². The van der Waals surface area contributed by atoms with Gasteiger partial charge in [0.15, 0.2) is 5.78 Å². The maximum Gasteiger partial charge on any atom is 0.411 e. The molecule has 1 aliphatic heterocycles. The molecule has 0 bridgehead atoms. The zero-order valence-electron chi connectivity index (χ0n) is 15.6. The first-order valence-electron chi connectivity index (χ1n) is 9.14. The lowest BCUT2D eigenvalue weighted by Crippen LogP contribution is -2.48. The van der Waals surface area contributed by atoms with Gasteiger partial charge in [0, 0.05) is 6.42 Å². The van der Waals surface area contributed by atoms with Crippen LogP contribution in [-0.4, -0.2) is 40.9 Å². The number of nitrogens with zero attached hydrogens (tertiary/aromatic N) is 1. The molecule has 1 saturated heterocycles. The molecule has 26 heavy (non-hydrogen) atoms. The van der Waals surface area contributed by atoms with E-state index in [0.29, 0.717) is 0 Å². The van der Waals surface area contributed by atoms with Crippen LogP contribution >= 0.6 is 0 Å². The van der Waals surface area contributed by atoms with Gasteiger partial charge in [-0.2, -0.15) is 0 Å². The number of benzene rings is 1. The van der Waals surface area contributed by atoms with Crippen molar-refractivity contribution in [2.75, 3.05) is 6.54 Å². The van der Waals surface area contributed by atoms with Gasteiger partial charge in [0.05, 0.1) is 12.6 Å². The third-order valence-corrected chi connectivity index (χ3v) is 4.76. The summed E-state index contributed by atoms with van der Waals surface area (Å²) >= 11 is 0. The van der Waals surface area contributed by atoms with Crippen LogP contribution in [0.3, 0.4) is 0 Å². The topological polar surface area (TPSA) is 75.7 Å². The average molecular weight is 358 g/mol. The Hall–Kier alpha value is -2.37. The number of Topliss-reactive ketones (excluding diaryl/α,β-unsaturated/α-hetero) is 1. The number of hydrogen-bond acceptors (Lipinski definition) is 4. The van der Waals surface area contributed by atoms with Gasteiger partial charge in [0.1, 0.15) is 11.6 Å². The molecule has 0 unspecified atom stereocenters. The minimum Gasteiger partial charge on any atom is -0.444 e. The Labute approximate surface area is 153 Å². The third kappa shape index (κ3) is 4.06. The Morgan fingerprint density at radius 1 is 1.23 bits per heavy atom. The van der Waals surface area contributed by atoms with Crippen LogP contribution in [0.2, 0.25) is 0 Å². The molecule has 1 heterocycles. The zero-order chi connectivity index (χ0) is 18.9. The van der Waals surface area contributed by atoms with Crippen LogP contribution in [0.25, 0.3) is 0 Å². The second-order valence-corrected chi connectivity index (χ2v) is 8.02. The Morgan fingerprint density at radius 3 is 2.69 bits per heavy atom. The van der Waals surface area contributed by atoms with E-state index in [0.717, 1.165) is 24.8 Å². The largest absolute Gasteiger partial charge is 0.444 e. The summed E-state index contributed by atoms with van der Waals surface area (Å²) in [7, 11) is 0. The number of carbonyl (C=O) groups excluding carboxylic acids is 3. The summed E-state index contributed by atoms with van der Waals surface area (Å²) in [6.45, 7) is 5.21. The summed E-state index contributed by atoms with van der Waals surface area (Å²) in [5.74, 6) is -0.413. The lowest BCUT2D eigenvalue weighted by molar-refractivity contribution is -0.126. The van der Waals surface area contributed by atoms with Crippen LogP contribution in [0, 0.1) is 0 Å². The van der Waals surface area contributed by atoms with Crippen molar-refractivity contribution in [2.24, 2.45) is 0 Å². The highest BCUT2D eigenvalue weighted by atomic mass is 16.6. The number of carbonyl (C=O) groups is 3. The Kier molecular flexibility index (Phi) is 5.03. The van der Waals surface area contributed by atoms with E-state index >= 15 is 0 Å². The molecule has 1 N–H and O–H groups in total. The molecule has 0 saturated carbocycles. The average Bonchev–Trinajstić information content (AvgIpc) is 2.96. The number of ketones is 1. The Morgan fingerprint density at radius 2 is 1.96 bits per heavy atom. The van der Waals surface area contributed by atoms with Crippen molar-refractivity contribution in [2.45, 2.75) is 64.1 Å². The molecule has 1 aromatic rings. The maximum absolute atomic E-state index is 12.8. The second kappa shape index (κ2) is 7.09. The minimum atomic E-state index is -0.800. The smallest absolute Gasteiger partial charge is 0.411 e. The second-order valence-electron chi connectivity index (χ2n) is 8.02. The first-order valence-corrected chi connectivity index (χ1v) is 9.14. The first kappa shape index (κ1) is 18.4. The van der Waals surface area contributed by atoms with Gasteiger partial charge in [-0.1, -0.05) is 24.3 Å². The Bertz CT molecular complexity index is 723. The van der Waals surface area contributed by atoms with E-state index in [9.17, 15) is 14.4 Å². The number of likely N-dealkylation sites (tertiary alicyclic amines) is 1. The molecule has 2 aliphatic rings. The first-order chi connectivity index (χ1) is 12.2. The number of aryl methyl sites for hydroxylation is 1. The molecule has 1 aromatic carbocycles. The molecular weight excluding hydrogens is 332 g/mol. The maximum atomic E-state index is 12.8. The van der Waals surface area contributed by atoms with Gasteiger partial charge in [-0.3, -0.25) is 14.5 Å². The molecule has 2 amide bonds. The highest BCUT2D eigenvalue weighted by Crippen LogP contribution is 2.30. The van der Waals surface area contributed by atoms with Gasteiger partial charge >= 0.3 is 6.09 Å². The normalized spacial score (nSPS) is 22.7. The van der Waals surface area contributed by atoms with Crippen molar-refractivity contribution >= 4 is 17.8 Å². The fourth-order valence-corrected chi connectivity index (χ4v) is 3.61. The van der Waals surface area contributed by atoms with Crippen molar-refractivity contribution in [1.29, 1.82) is 0 Å². The lowest BCUT2D eigenvalue weighted by Gasteiger charge is -2.30. The van der Waals surface area contributed by atoms with Gasteiger partial charge in [-0.05, 0) is 51.2 Å². The van der Waals surface area contributed by atoms with Crippen LogP contribution < -0.4 is 5.32 Å². The van der Waals surface area contributed by atoms with Gasteiger partial charge < -0.3 is 10.1 Å². The lowest BCUT2D eigenvalue weighted by atomic mass is 9.87. The number of fused-ring (bicyclic) bond motifs is 1. The van der Waals surface area contributed by atoms with E-state index in [1.54, 1.807) is 20.8 Å². The minimum absolute atomic E-state index is 0.0411. The molecule has 0 radical (unpaired) electrons. The van der Waals surface area contributed by atoms with Crippen LogP contribution in [-0.2, 0) is 20.7 Å². The van der Waals surface area contributed by atoms with Crippen molar-refractivity contribution in [3.05, 3.63) is 35.4 Å². The molecule has 6 nitrogen and oxygen atoms in total. The molecule has 0 aromatic heterocycles. The third-order valence-electron chi connectivity index (χ3n) is 4.76. The molecule has 3 rings (SSSR count). The van der Waals surface area contributed by atoms with E-state index in [2.05, 4.69) is 11.4 Å². The van der Waals surface area contributed by atoms with Crippen molar-refractivity contribution in [3.63, 3.8) is 0 Å². The van der Waals surface area contributed by atoms with E-state index in [1.807, 2.05) is 18.2 Å². The molecule has 140 valence electrons. The Balaban J connectivity index is 1.72. The molecular formula is C20H26N2O4. The van der Waals surface area contributed by atoms with Gasteiger partial charge in [-0.15, -0.1) is 0 Å². The number of hydrogen-bond donors (Lipinski definition) is 1. The summed E-state index contributed by atoms with van der Waals surface area (Å²) in [6, 6.07) is 7.21. The van der Waals surface area contributed by atoms with Crippen molar-refractivity contribution < 1.29 is 19.1 Å². The molecule has 6 heteroatoms. The van der Waals surface area contributed by atoms with Crippen LogP contribution in [0.15, 0.2) is 24.3 Å². The quantitative estimate of drug-likeness (QED) is 0.882. The fourth-order valence-electron chi connectivity index (χ4n) is 3.61. The summed E-state index contributed by atoms with van der Waals surface area (Å²) in [5.41, 5.74) is 1.70. The van der Waals surface area contributed by atoms with Gasteiger partial charge in [0.25, 0.3) is 0 Å². The number of amides is 2. The number of rotatable bonds is 2. The molecule has 1 fully saturated rings. The van der Waals surface area contributed by atoms with E-state index < -0.39 is 17.7 Å². The molecule has 1 aliphatic carbocycles. The van der Waals surface area contributed by atoms with Crippen LogP contribution in [0.4, 0.5) is 4.79 Å². The van der Waals surface area contributed by atoms with Crippen LogP contribution in [0.1, 0.15) is 57.2 Å². The van der Waals surface area contributed by atoms with Crippen molar-refractivity contribution in [3.8, 4) is 0 Å². The summed E-state index contributed by atoms with van der Waals surface area (Å²) < 4.78 is 5.35. The highest BCUT2D eigenvalue weighted by Gasteiger charge is 2.41. The van der Waals surface area contributed by atoms with E-state index in [-0.39, 0.29) is 30.7 Å². The molecule has 2 atom stereocenters. The summed E-state index contributed by atoms with van der Waals surface area (Å²) in [5, 5.41) is 3.04. The highest BCUT2D eigenvalue weighted by molar-refractivity contribution is 5.97. The van der Waals surface area contributed by atoms with E-state index in [1.165, 1.54) is 10.5 Å². The SMILES string of the molecule is CC(C)(C)OC(=O)N1CC(=O)C[C@H]1C(=O)N[C@@H]1CCCc2ccccc21. The fraction of sp³-hybridized carbons (Fsp3) is 0.550. The monoisotopic (exact) mass is 358 g/mol. The summed E-state index contributed by atoms with van der Waals surface area (Å²) in [4.78, 5) is 38.4. The van der Waals surface area contributed by atoms with Crippen molar-refractivity contribution in [1.82, 2.24) is 10.2 Å². The van der Waals surface area contributed by atoms with Crippen LogP contribution in [0.5, 0.6) is 0 Å². The van der Waals surface area contributed by atoms with Gasteiger partial charge in [0.2, 0.25) is 5.91 Å². The number of nitrogens with one attached hydrogen (secondary N) is 1. The molecule has 0 spiro atoms. The van der Waals surface area contributed by atoms with Gasteiger partial charge in [-0.25, -0.2) is 4.79 Å². The predicted molar refractivity (Wildman–Crippen MR) is 96.6 cm³/mol. The number of ether oxygens (including phenoxy) is 1. The standard InChI is InChI=1S/C20H26N2O4/c1-20(2,3)26-19(25)22-12-14(23)11-17(22)18(24)21-16-10-6-8-13-7-4-5-9-15(13)16/h4-5,7,9,16-17H,6,8,10-12H2,1-3H3,(H,21,24)/t16-,17+/m1/s1.